The van der Waals surface area contributed by atoms with Gasteiger partial charge in [0.15, 0.2) is 0 Å². The fraction of sp³-hybridized carbons (Fsp3) is 0.111. The normalized spacial score (nSPS) is 11.2. The zero-order valence-corrected chi connectivity index (χ0v) is 14.4. The van der Waals surface area contributed by atoms with Crippen LogP contribution in [0, 0.1) is 0 Å². The monoisotopic (exact) mass is 380 g/mol. The van der Waals surface area contributed by atoms with E-state index in [0.717, 1.165) is 0 Å². The molecule has 25 heavy (non-hydrogen) atoms. The molecule has 0 saturated carbocycles. The van der Waals surface area contributed by atoms with Crippen LogP contribution in [-0.4, -0.2) is 22.2 Å². The topological polar surface area (TPSA) is 83.8 Å². The van der Waals surface area contributed by atoms with E-state index < -0.39 is 18.4 Å². The molecule has 0 aliphatic heterocycles. The first-order valence-corrected chi connectivity index (χ1v) is 7.94. The number of hydrogen-bond acceptors (Lipinski definition) is 3. The largest absolute Gasteiger partial charge is 0.489 e. The molecule has 0 aliphatic carbocycles. The number of aliphatic carboxylic acids is 2. The van der Waals surface area contributed by atoms with Crippen molar-refractivity contribution in [3.63, 3.8) is 0 Å². The number of carbonyl (C=O) groups is 2. The summed E-state index contributed by atoms with van der Waals surface area (Å²) in [4.78, 5) is 21.7. The van der Waals surface area contributed by atoms with Crippen molar-refractivity contribution in [3.8, 4) is 5.75 Å². The first kappa shape index (κ1) is 18.8. The van der Waals surface area contributed by atoms with Gasteiger partial charge in [0.2, 0.25) is 0 Å². The summed E-state index contributed by atoms with van der Waals surface area (Å²) >= 11 is 12.1. The maximum absolute atomic E-state index is 11.0. The van der Waals surface area contributed by atoms with Gasteiger partial charge in [-0.15, -0.1) is 0 Å². The second-order valence-electron chi connectivity index (χ2n) is 5.10. The lowest BCUT2D eigenvalue weighted by molar-refractivity contribution is -0.139. The van der Waals surface area contributed by atoms with E-state index in [9.17, 15) is 9.59 Å². The number of rotatable bonds is 7. The van der Waals surface area contributed by atoms with Gasteiger partial charge in [-0.05, 0) is 35.9 Å². The average molecular weight is 381 g/mol. The first-order valence-electron chi connectivity index (χ1n) is 7.18. The Balaban J connectivity index is 2.09. The van der Waals surface area contributed by atoms with Crippen molar-refractivity contribution in [3.05, 3.63) is 69.2 Å². The van der Waals surface area contributed by atoms with Gasteiger partial charge in [-0.3, -0.25) is 4.79 Å². The maximum atomic E-state index is 11.0. The zero-order valence-electron chi connectivity index (χ0n) is 12.9. The predicted molar refractivity (Wildman–Crippen MR) is 95.1 cm³/mol. The van der Waals surface area contributed by atoms with Crippen molar-refractivity contribution >= 4 is 41.2 Å². The van der Waals surface area contributed by atoms with Crippen molar-refractivity contribution in [1.29, 1.82) is 0 Å². The lowest BCUT2D eigenvalue weighted by atomic mass is 10.1. The van der Waals surface area contributed by atoms with Gasteiger partial charge >= 0.3 is 11.9 Å². The summed E-state index contributed by atoms with van der Waals surface area (Å²) in [5, 5.41) is 18.8. The van der Waals surface area contributed by atoms with Gasteiger partial charge in [0.25, 0.3) is 0 Å². The van der Waals surface area contributed by atoms with Crippen molar-refractivity contribution in [2.24, 2.45) is 0 Å². The van der Waals surface area contributed by atoms with E-state index in [1.165, 1.54) is 6.08 Å². The van der Waals surface area contributed by atoms with Crippen LogP contribution < -0.4 is 4.74 Å². The lowest BCUT2D eigenvalue weighted by Crippen LogP contribution is -2.06. The van der Waals surface area contributed by atoms with Gasteiger partial charge in [-0.2, -0.15) is 0 Å². The molecule has 0 aromatic heterocycles. The van der Waals surface area contributed by atoms with Crippen LogP contribution in [-0.2, 0) is 16.2 Å². The number of benzene rings is 2. The Hall–Kier alpha value is -2.50. The second-order valence-corrected chi connectivity index (χ2v) is 5.92. The van der Waals surface area contributed by atoms with Crippen LogP contribution in [0.15, 0.2) is 48.0 Å². The molecule has 0 fully saturated rings. The molecule has 0 spiro atoms. The van der Waals surface area contributed by atoms with Crippen LogP contribution in [0.25, 0.3) is 6.08 Å². The van der Waals surface area contributed by atoms with Crippen molar-refractivity contribution in [1.82, 2.24) is 0 Å². The minimum atomic E-state index is -1.27. The van der Waals surface area contributed by atoms with Crippen molar-refractivity contribution in [2.75, 3.05) is 0 Å². The van der Waals surface area contributed by atoms with Gasteiger partial charge in [-0.25, -0.2) is 4.79 Å². The second kappa shape index (κ2) is 8.55. The van der Waals surface area contributed by atoms with Gasteiger partial charge in [-0.1, -0.05) is 41.4 Å². The Morgan fingerprint density at radius 3 is 2.12 bits per heavy atom. The van der Waals surface area contributed by atoms with E-state index in [0.29, 0.717) is 26.9 Å². The predicted octanol–water partition coefficient (Wildman–Crippen LogP) is 4.52. The standard InChI is InChI=1S/C18H14Cl2O5/c19-15-2-1-3-16(20)14(15)10-25-13-6-4-11(5-7-13)8-12(18(23)24)9-17(21)22/h1-8H,9-10H2,(H,21,22)(H,23,24). The quantitative estimate of drug-likeness (QED) is 0.690. The van der Waals surface area contributed by atoms with E-state index in [1.807, 2.05) is 0 Å². The Bertz CT molecular complexity index is 792. The van der Waals surface area contributed by atoms with Crippen molar-refractivity contribution < 1.29 is 24.5 Å². The average Bonchev–Trinajstić information content (AvgIpc) is 2.54. The van der Waals surface area contributed by atoms with Crippen LogP contribution in [0.5, 0.6) is 5.75 Å². The van der Waals surface area contributed by atoms with Crippen molar-refractivity contribution in [2.45, 2.75) is 13.0 Å². The molecule has 2 N–H and O–H groups in total. The molecule has 0 amide bonds. The molecule has 7 heteroatoms. The molecule has 0 unspecified atom stereocenters. The SMILES string of the molecule is O=C(O)CC(=Cc1ccc(OCc2c(Cl)cccc2Cl)cc1)C(=O)O. The Kier molecular flexibility index (Phi) is 6.44. The van der Waals surface area contributed by atoms with Gasteiger partial charge in [0.1, 0.15) is 12.4 Å². The number of carboxylic acids is 2. The highest BCUT2D eigenvalue weighted by molar-refractivity contribution is 6.35. The first-order chi connectivity index (χ1) is 11.9. The molecule has 0 bridgehead atoms. The smallest absolute Gasteiger partial charge is 0.332 e. The highest BCUT2D eigenvalue weighted by Gasteiger charge is 2.12. The van der Waals surface area contributed by atoms with E-state index in [4.69, 9.17) is 38.2 Å². The van der Waals surface area contributed by atoms with Crippen LogP contribution >= 0.6 is 23.2 Å². The third-order valence-electron chi connectivity index (χ3n) is 3.28. The Morgan fingerprint density at radius 1 is 1.00 bits per heavy atom. The fourth-order valence-electron chi connectivity index (χ4n) is 2.04. The molecule has 0 radical (unpaired) electrons. The number of carboxylic acid groups (broad SMARTS) is 2. The lowest BCUT2D eigenvalue weighted by Gasteiger charge is -2.09. The summed E-state index contributed by atoms with van der Waals surface area (Å²) in [5.74, 6) is -1.93. The number of halogens is 2. The summed E-state index contributed by atoms with van der Waals surface area (Å²) in [6, 6.07) is 11.7. The van der Waals surface area contributed by atoms with E-state index >= 15 is 0 Å². The molecule has 2 rings (SSSR count). The minimum Gasteiger partial charge on any atom is -0.489 e. The molecular formula is C18H14Cl2O5. The van der Waals surface area contributed by atoms with Gasteiger partial charge in [0.05, 0.1) is 6.42 Å². The Morgan fingerprint density at radius 2 is 1.60 bits per heavy atom. The molecule has 130 valence electrons. The molecule has 0 aliphatic rings. The van der Waals surface area contributed by atoms with Crippen LogP contribution in [0.1, 0.15) is 17.5 Å². The summed E-state index contributed by atoms with van der Waals surface area (Å²) in [6.45, 7) is 0.188. The molecule has 0 saturated heterocycles. The number of hydrogen-bond donors (Lipinski definition) is 2. The highest BCUT2D eigenvalue weighted by atomic mass is 35.5. The summed E-state index contributed by atoms with van der Waals surface area (Å²) in [5.41, 5.74) is 1.02. The molecule has 0 heterocycles. The zero-order chi connectivity index (χ0) is 18.4. The van der Waals surface area contributed by atoms with Crippen LogP contribution in [0.4, 0.5) is 0 Å². The fourth-order valence-corrected chi connectivity index (χ4v) is 2.55. The maximum Gasteiger partial charge on any atom is 0.332 e. The van der Waals surface area contributed by atoms with E-state index in [1.54, 1.807) is 42.5 Å². The van der Waals surface area contributed by atoms with E-state index in [2.05, 4.69) is 0 Å². The molecule has 2 aromatic rings. The summed E-state index contributed by atoms with van der Waals surface area (Å²) < 4.78 is 5.63. The summed E-state index contributed by atoms with van der Waals surface area (Å²) in [6.07, 6.45) is 0.754. The minimum absolute atomic E-state index is 0.188. The third kappa shape index (κ3) is 5.52. The molecule has 5 nitrogen and oxygen atoms in total. The molecular weight excluding hydrogens is 367 g/mol. The summed E-state index contributed by atoms with van der Waals surface area (Å²) in [7, 11) is 0. The van der Waals surface area contributed by atoms with Gasteiger partial charge in [0, 0.05) is 21.2 Å². The van der Waals surface area contributed by atoms with Gasteiger partial charge < -0.3 is 14.9 Å². The van der Waals surface area contributed by atoms with E-state index in [-0.39, 0.29) is 12.2 Å². The van der Waals surface area contributed by atoms with Crippen LogP contribution in [0.3, 0.4) is 0 Å². The van der Waals surface area contributed by atoms with Crippen LogP contribution in [0.2, 0.25) is 10.0 Å². The molecule has 2 aromatic carbocycles. The molecule has 0 atom stereocenters. The highest BCUT2D eigenvalue weighted by Crippen LogP contribution is 2.26. The Labute approximate surface area is 154 Å². The number of ether oxygens (including phenoxy) is 1. The third-order valence-corrected chi connectivity index (χ3v) is 3.99.